The van der Waals surface area contributed by atoms with Gasteiger partial charge in [-0.3, -0.25) is 14.9 Å². The number of rotatable bonds is 6. The molecular weight excluding hydrogens is 362 g/mol. The monoisotopic (exact) mass is 387 g/mol. The molecule has 3 aromatic carbocycles. The first-order chi connectivity index (χ1) is 13.8. The third-order valence-electron chi connectivity index (χ3n) is 5.49. The van der Waals surface area contributed by atoms with Gasteiger partial charge in [0.05, 0.1) is 4.92 Å². The van der Waals surface area contributed by atoms with Gasteiger partial charge in [-0.05, 0) is 79.6 Å². The third-order valence-corrected chi connectivity index (χ3v) is 5.49. The molecule has 3 aromatic rings. The molecule has 0 aliphatic carbocycles. The van der Waals surface area contributed by atoms with Gasteiger partial charge in [0.25, 0.3) is 5.69 Å². The number of ketones is 1. The second-order valence-electron chi connectivity index (χ2n) is 7.66. The Morgan fingerprint density at radius 3 is 2.17 bits per heavy atom. The van der Waals surface area contributed by atoms with Crippen molar-refractivity contribution in [1.82, 2.24) is 0 Å². The van der Waals surface area contributed by atoms with Gasteiger partial charge >= 0.3 is 0 Å². The molecule has 29 heavy (non-hydrogen) atoms. The van der Waals surface area contributed by atoms with E-state index in [1.165, 1.54) is 46.5 Å². The van der Waals surface area contributed by atoms with Crippen LogP contribution in [0, 0.1) is 37.8 Å². The molecule has 0 heterocycles. The zero-order valence-corrected chi connectivity index (χ0v) is 17.3. The van der Waals surface area contributed by atoms with Gasteiger partial charge in [-0.25, -0.2) is 0 Å². The van der Waals surface area contributed by atoms with Crippen LogP contribution in [0.3, 0.4) is 0 Å². The lowest BCUT2D eigenvalue weighted by molar-refractivity contribution is -0.384. The molecule has 0 bridgehead atoms. The molecule has 148 valence electrons. The van der Waals surface area contributed by atoms with E-state index in [1.807, 2.05) is 6.92 Å². The minimum absolute atomic E-state index is 0.00955. The summed E-state index contributed by atoms with van der Waals surface area (Å²) in [6.07, 6.45) is 1.12. The quantitative estimate of drug-likeness (QED) is 0.303. The number of benzene rings is 3. The number of nitro benzene ring substituents is 1. The predicted octanol–water partition coefficient (Wildman–Crippen LogP) is 5.84. The van der Waals surface area contributed by atoms with Crippen LogP contribution in [0.5, 0.6) is 0 Å². The maximum atomic E-state index is 12.8. The normalized spacial score (nSPS) is 10.8. The molecule has 0 radical (unpaired) electrons. The molecule has 0 saturated heterocycles. The van der Waals surface area contributed by atoms with E-state index in [0.717, 1.165) is 23.1 Å². The Bertz CT molecular complexity index is 1080. The fourth-order valence-electron chi connectivity index (χ4n) is 3.87. The summed E-state index contributed by atoms with van der Waals surface area (Å²) in [7, 11) is 0. The molecule has 0 unspecified atom stereocenters. The Hall–Kier alpha value is -3.27. The van der Waals surface area contributed by atoms with E-state index in [-0.39, 0.29) is 17.9 Å². The van der Waals surface area contributed by atoms with Crippen molar-refractivity contribution in [2.45, 2.75) is 40.5 Å². The van der Waals surface area contributed by atoms with Crippen LogP contribution >= 0.6 is 0 Å². The zero-order valence-electron chi connectivity index (χ0n) is 17.3. The van der Waals surface area contributed by atoms with E-state index in [9.17, 15) is 14.9 Å². The molecule has 4 heteroatoms. The number of hydrogen-bond donors (Lipinski definition) is 0. The van der Waals surface area contributed by atoms with Gasteiger partial charge in [-0.1, -0.05) is 35.9 Å². The van der Waals surface area contributed by atoms with Crippen molar-refractivity contribution >= 4 is 11.5 Å². The molecule has 0 amide bonds. The summed E-state index contributed by atoms with van der Waals surface area (Å²) >= 11 is 0. The van der Waals surface area contributed by atoms with Crippen LogP contribution in [-0.4, -0.2) is 10.7 Å². The van der Waals surface area contributed by atoms with Gasteiger partial charge in [-0.2, -0.15) is 0 Å². The Morgan fingerprint density at radius 1 is 0.897 bits per heavy atom. The lowest BCUT2D eigenvalue weighted by Crippen LogP contribution is -2.09. The van der Waals surface area contributed by atoms with Crippen LogP contribution in [0.1, 0.15) is 49.3 Å². The highest BCUT2D eigenvalue weighted by atomic mass is 16.6. The summed E-state index contributed by atoms with van der Waals surface area (Å²) in [4.78, 5) is 23.2. The minimum atomic E-state index is -0.458. The third kappa shape index (κ3) is 4.60. The van der Waals surface area contributed by atoms with Gasteiger partial charge in [0, 0.05) is 24.1 Å². The summed E-state index contributed by atoms with van der Waals surface area (Å²) in [5.41, 5.74) is 8.76. The Balaban J connectivity index is 1.90. The van der Waals surface area contributed by atoms with Crippen molar-refractivity contribution in [2.75, 3.05) is 0 Å². The molecule has 0 atom stereocenters. The van der Waals surface area contributed by atoms with E-state index >= 15 is 0 Å². The SMILES string of the molecule is Cc1cccc(Cc2c(C)cc(C)c(CC(=O)c3ccc([N+](=O)[O-])cc3)c2C)c1. The first-order valence-electron chi connectivity index (χ1n) is 9.68. The van der Waals surface area contributed by atoms with Crippen molar-refractivity contribution in [2.24, 2.45) is 0 Å². The number of non-ortho nitro benzene ring substituents is 1. The molecule has 0 aliphatic rings. The van der Waals surface area contributed by atoms with Crippen molar-refractivity contribution in [1.29, 1.82) is 0 Å². The van der Waals surface area contributed by atoms with Gasteiger partial charge in [0.15, 0.2) is 5.78 Å². The average molecular weight is 387 g/mol. The number of hydrogen-bond acceptors (Lipinski definition) is 3. The molecule has 0 spiro atoms. The standard InChI is InChI=1S/C25H25NO3/c1-16-6-5-7-20(12-16)14-23-17(2)13-18(3)24(19(23)4)15-25(27)21-8-10-22(11-9-21)26(28)29/h5-13H,14-15H2,1-4H3. The Kier molecular flexibility index (Phi) is 5.92. The van der Waals surface area contributed by atoms with Crippen LogP contribution in [0.2, 0.25) is 0 Å². The topological polar surface area (TPSA) is 60.2 Å². The van der Waals surface area contributed by atoms with Gasteiger partial charge in [0.2, 0.25) is 0 Å². The van der Waals surface area contributed by atoms with Crippen LogP contribution < -0.4 is 0 Å². The summed E-state index contributed by atoms with van der Waals surface area (Å²) in [5.74, 6) is -0.0311. The van der Waals surface area contributed by atoms with Crippen LogP contribution in [0.4, 0.5) is 5.69 Å². The molecule has 0 fully saturated rings. The summed E-state index contributed by atoms with van der Waals surface area (Å²) in [6, 6.07) is 16.5. The number of carbonyl (C=O) groups is 1. The number of Topliss-reactive ketones (excluding diaryl/α,β-unsaturated/α-hetero) is 1. The maximum absolute atomic E-state index is 12.8. The first kappa shape index (κ1) is 20.5. The molecule has 0 aromatic heterocycles. The molecule has 0 saturated carbocycles. The highest BCUT2D eigenvalue weighted by molar-refractivity contribution is 5.98. The minimum Gasteiger partial charge on any atom is -0.294 e. The van der Waals surface area contributed by atoms with Gasteiger partial charge in [-0.15, -0.1) is 0 Å². The van der Waals surface area contributed by atoms with Crippen molar-refractivity contribution in [3.05, 3.63) is 109 Å². The fraction of sp³-hybridized carbons (Fsp3) is 0.240. The lowest BCUT2D eigenvalue weighted by atomic mass is 9.87. The molecule has 0 aliphatic heterocycles. The second-order valence-corrected chi connectivity index (χ2v) is 7.66. The number of aryl methyl sites for hydroxylation is 3. The predicted molar refractivity (Wildman–Crippen MR) is 116 cm³/mol. The number of nitrogens with zero attached hydrogens (tertiary/aromatic N) is 1. The van der Waals surface area contributed by atoms with Crippen LogP contribution in [-0.2, 0) is 12.8 Å². The van der Waals surface area contributed by atoms with Gasteiger partial charge in [0.1, 0.15) is 0 Å². The Labute approximate surface area is 171 Å². The van der Waals surface area contributed by atoms with E-state index in [0.29, 0.717) is 5.56 Å². The van der Waals surface area contributed by atoms with E-state index in [2.05, 4.69) is 51.1 Å². The van der Waals surface area contributed by atoms with E-state index in [1.54, 1.807) is 0 Å². The summed E-state index contributed by atoms with van der Waals surface area (Å²) in [5, 5.41) is 10.8. The van der Waals surface area contributed by atoms with Gasteiger partial charge < -0.3 is 0 Å². The first-order valence-corrected chi connectivity index (χ1v) is 9.68. The van der Waals surface area contributed by atoms with Crippen molar-refractivity contribution in [3.8, 4) is 0 Å². The smallest absolute Gasteiger partial charge is 0.269 e. The van der Waals surface area contributed by atoms with E-state index in [4.69, 9.17) is 0 Å². The average Bonchev–Trinajstić information content (AvgIpc) is 2.68. The fourth-order valence-corrected chi connectivity index (χ4v) is 3.87. The molecule has 3 rings (SSSR count). The lowest BCUT2D eigenvalue weighted by Gasteiger charge is -2.18. The zero-order chi connectivity index (χ0) is 21.1. The van der Waals surface area contributed by atoms with Crippen molar-refractivity contribution in [3.63, 3.8) is 0 Å². The van der Waals surface area contributed by atoms with E-state index < -0.39 is 4.92 Å². The van der Waals surface area contributed by atoms with Crippen LogP contribution in [0.15, 0.2) is 54.6 Å². The van der Waals surface area contributed by atoms with Crippen molar-refractivity contribution < 1.29 is 9.72 Å². The maximum Gasteiger partial charge on any atom is 0.269 e. The Morgan fingerprint density at radius 2 is 1.55 bits per heavy atom. The van der Waals surface area contributed by atoms with Crippen LogP contribution in [0.25, 0.3) is 0 Å². The molecule has 0 N–H and O–H groups in total. The molecular formula is C25H25NO3. The second kappa shape index (κ2) is 8.39. The summed E-state index contributed by atoms with van der Waals surface area (Å²) < 4.78 is 0. The number of nitro groups is 1. The number of carbonyl (C=O) groups excluding carboxylic acids is 1. The highest BCUT2D eigenvalue weighted by Crippen LogP contribution is 2.26. The highest BCUT2D eigenvalue weighted by Gasteiger charge is 2.16. The largest absolute Gasteiger partial charge is 0.294 e. The molecule has 4 nitrogen and oxygen atoms in total. The summed E-state index contributed by atoms with van der Waals surface area (Å²) in [6.45, 7) is 8.33.